The second-order valence-corrected chi connectivity index (χ2v) is 6.70. The molecule has 0 bridgehead atoms. The predicted molar refractivity (Wildman–Crippen MR) is 95.3 cm³/mol. The molecule has 8 heteroatoms. The SMILES string of the molecule is CCCCn1nc(-c2ccc3nc[nH]c3c2)nc1[C@@H]1C[C@H](O)[C@H](O)CO1. The topological polar surface area (TPSA) is 109 Å². The maximum atomic E-state index is 10.00. The first-order valence-electron chi connectivity index (χ1n) is 9.01. The van der Waals surface area contributed by atoms with Gasteiger partial charge in [0.05, 0.1) is 30.1 Å². The Kier molecular flexibility index (Phi) is 4.71. The van der Waals surface area contributed by atoms with Crippen LogP contribution in [-0.4, -0.2) is 53.8 Å². The van der Waals surface area contributed by atoms with Gasteiger partial charge in [-0.3, -0.25) is 0 Å². The number of aryl methyl sites for hydroxylation is 1. The number of benzene rings is 1. The molecule has 26 heavy (non-hydrogen) atoms. The summed E-state index contributed by atoms with van der Waals surface area (Å²) in [5.74, 6) is 1.32. The molecule has 0 radical (unpaired) electrons. The van der Waals surface area contributed by atoms with Gasteiger partial charge in [0.2, 0.25) is 0 Å². The monoisotopic (exact) mass is 357 g/mol. The van der Waals surface area contributed by atoms with Crippen LogP contribution >= 0.6 is 0 Å². The average Bonchev–Trinajstić information content (AvgIpc) is 3.28. The molecule has 3 aromatic rings. The molecule has 8 nitrogen and oxygen atoms in total. The van der Waals surface area contributed by atoms with E-state index < -0.39 is 12.2 Å². The minimum atomic E-state index is -0.847. The fourth-order valence-corrected chi connectivity index (χ4v) is 3.21. The van der Waals surface area contributed by atoms with E-state index in [0.717, 1.165) is 36.0 Å². The summed E-state index contributed by atoms with van der Waals surface area (Å²) in [5, 5.41) is 24.4. The summed E-state index contributed by atoms with van der Waals surface area (Å²) in [6.07, 6.45) is 1.97. The Labute approximate surface area is 150 Å². The molecular formula is C18H23N5O3. The number of imidazole rings is 1. The minimum Gasteiger partial charge on any atom is -0.390 e. The zero-order valence-electron chi connectivity index (χ0n) is 14.7. The second kappa shape index (κ2) is 7.14. The summed E-state index contributed by atoms with van der Waals surface area (Å²) in [6, 6.07) is 5.86. The Morgan fingerprint density at radius 1 is 1.31 bits per heavy atom. The molecule has 4 rings (SSSR count). The number of aliphatic hydroxyl groups is 2. The standard InChI is InChI=1S/C18H23N5O3/c1-2-3-6-23-18(16-8-14(24)15(25)9-26-16)21-17(22-23)11-4-5-12-13(7-11)20-10-19-12/h4-5,7,10,14-16,24-25H,2-3,6,8-9H2,1H3,(H,19,20)/t14-,15+,16-/m0/s1. The van der Waals surface area contributed by atoms with Crippen molar-refractivity contribution in [2.45, 2.75) is 51.0 Å². The van der Waals surface area contributed by atoms with E-state index in [9.17, 15) is 10.2 Å². The number of H-pyrrole nitrogens is 1. The van der Waals surface area contributed by atoms with Gasteiger partial charge < -0.3 is 19.9 Å². The smallest absolute Gasteiger partial charge is 0.181 e. The van der Waals surface area contributed by atoms with E-state index in [-0.39, 0.29) is 12.7 Å². The van der Waals surface area contributed by atoms with Gasteiger partial charge in [-0.2, -0.15) is 5.10 Å². The number of fused-ring (bicyclic) bond motifs is 1. The van der Waals surface area contributed by atoms with E-state index in [4.69, 9.17) is 9.72 Å². The van der Waals surface area contributed by atoms with Crippen LogP contribution in [0.5, 0.6) is 0 Å². The highest BCUT2D eigenvalue weighted by Crippen LogP contribution is 2.29. The maximum absolute atomic E-state index is 10.00. The number of nitrogens with zero attached hydrogens (tertiary/aromatic N) is 4. The fourth-order valence-electron chi connectivity index (χ4n) is 3.21. The third-order valence-corrected chi connectivity index (χ3v) is 4.76. The van der Waals surface area contributed by atoms with Crippen molar-refractivity contribution in [1.82, 2.24) is 24.7 Å². The van der Waals surface area contributed by atoms with Crippen LogP contribution in [0.4, 0.5) is 0 Å². The summed E-state index contributed by atoms with van der Waals surface area (Å²) in [6.45, 7) is 2.96. The molecule has 0 unspecified atom stereocenters. The van der Waals surface area contributed by atoms with Gasteiger partial charge in [0.25, 0.3) is 0 Å². The number of hydrogen-bond acceptors (Lipinski definition) is 6. The van der Waals surface area contributed by atoms with Crippen LogP contribution in [0.15, 0.2) is 24.5 Å². The Morgan fingerprint density at radius 2 is 2.19 bits per heavy atom. The predicted octanol–water partition coefficient (Wildman–Crippen LogP) is 1.80. The summed E-state index contributed by atoms with van der Waals surface area (Å²) in [4.78, 5) is 12.0. The zero-order chi connectivity index (χ0) is 18.1. The molecule has 0 spiro atoms. The van der Waals surface area contributed by atoms with Crippen LogP contribution in [0.3, 0.4) is 0 Å². The highest BCUT2D eigenvalue weighted by atomic mass is 16.5. The van der Waals surface area contributed by atoms with E-state index in [1.807, 2.05) is 22.9 Å². The van der Waals surface area contributed by atoms with Crippen molar-refractivity contribution < 1.29 is 14.9 Å². The van der Waals surface area contributed by atoms with E-state index in [1.165, 1.54) is 0 Å². The first-order valence-corrected chi connectivity index (χ1v) is 9.01. The molecule has 138 valence electrons. The van der Waals surface area contributed by atoms with Crippen molar-refractivity contribution in [3.63, 3.8) is 0 Å². The van der Waals surface area contributed by atoms with E-state index in [1.54, 1.807) is 6.33 Å². The number of unbranched alkanes of at least 4 members (excludes halogenated alkanes) is 1. The summed E-state index contributed by atoms with van der Waals surface area (Å²) >= 11 is 0. The van der Waals surface area contributed by atoms with Gasteiger partial charge in [-0.1, -0.05) is 13.3 Å². The van der Waals surface area contributed by atoms with Gasteiger partial charge in [0, 0.05) is 18.5 Å². The lowest BCUT2D eigenvalue weighted by molar-refractivity contribution is -0.125. The van der Waals surface area contributed by atoms with Crippen LogP contribution in [-0.2, 0) is 11.3 Å². The minimum absolute atomic E-state index is 0.0991. The third kappa shape index (κ3) is 3.23. The Bertz CT molecular complexity index is 890. The molecular weight excluding hydrogens is 334 g/mol. The zero-order valence-corrected chi connectivity index (χ0v) is 14.7. The highest BCUT2D eigenvalue weighted by Gasteiger charge is 2.32. The van der Waals surface area contributed by atoms with E-state index >= 15 is 0 Å². The number of aromatic nitrogens is 5. The normalized spacial score (nSPS) is 23.6. The van der Waals surface area contributed by atoms with Gasteiger partial charge in [0.15, 0.2) is 11.6 Å². The van der Waals surface area contributed by atoms with Crippen LogP contribution in [0.1, 0.15) is 38.1 Å². The first kappa shape index (κ1) is 17.1. The third-order valence-electron chi connectivity index (χ3n) is 4.76. The highest BCUT2D eigenvalue weighted by molar-refractivity contribution is 5.79. The molecule has 0 amide bonds. The number of hydrogen-bond donors (Lipinski definition) is 3. The largest absolute Gasteiger partial charge is 0.390 e. The van der Waals surface area contributed by atoms with Crippen molar-refractivity contribution in [1.29, 1.82) is 0 Å². The average molecular weight is 357 g/mol. The van der Waals surface area contributed by atoms with Crippen molar-refractivity contribution in [2.24, 2.45) is 0 Å². The van der Waals surface area contributed by atoms with Crippen molar-refractivity contribution in [3.05, 3.63) is 30.4 Å². The van der Waals surface area contributed by atoms with E-state index in [0.29, 0.717) is 18.1 Å². The lowest BCUT2D eigenvalue weighted by Crippen LogP contribution is -2.38. The Hall–Kier alpha value is -2.29. The van der Waals surface area contributed by atoms with Crippen LogP contribution < -0.4 is 0 Å². The molecule has 2 aromatic heterocycles. The quantitative estimate of drug-likeness (QED) is 0.642. The number of aliphatic hydroxyl groups excluding tert-OH is 2. The van der Waals surface area contributed by atoms with Gasteiger partial charge in [0.1, 0.15) is 12.2 Å². The van der Waals surface area contributed by atoms with Crippen molar-refractivity contribution in [2.75, 3.05) is 6.61 Å². The summed E-state index contributed by atoms with van der Waals surface area (Å²) in [7, 11) is 0. The Balaban J connectivity index is 1.68. The molecule has 1 aliphatic rings. The summed E-state index contributed by atoms with van der Waals surface area (Å²) in [5.41, 5.74) is 2.73. The van der Waals surface area contributed by atoms with Gasteiger partial charge >= 0.3 is 0 Å². The number of aromatic amines is 1. The molecule has 3 atom stereocenters. The van der Waals surface area contributed by atoms with Crippen LogP contribution in [0, 0.1) is 0 Å². The molecule has 0 aliphatic carbocycles. The lowest BCUT2D eigenvalue weighted by atomic mass is 10.0. The van der Waals surface area contributed by atoms with Crippen LogP contribution in [0.2, 0.25) is 0 Å². The van der Waals surface area contributed by atoms with Crippen molar-refractivity contribution in [3.8, 4) is 11.4 Å². The molecule has 0 saturated carbocycles. The first-order chi connectivity index (χ1) is 12.7. The summed E-state index contributed by atoms with van der Waals surface area (Å²) < 4.78 is 7.59. The molecule has 1 fully saturated rings. The van der Waals surface area contributed by atoms with Gasteiger partial charge in [-0.25, -0.2) is 14.6 Å². The molecule has 3 heterocycles. The van der Waals surface area contributed by atoms with Crippen molar-refractivity contribution >= 4 is 11.0 Å². The molecule has 1 aliphatic heterocycles. The number of ether oxygens (including phenoxy) is 1. The maximum Gasteiger partial charge on any atom is 0.181 e. The molecule has 3 N–H and O–H groups in total. The number of rotatable bonds is 5. The second-order valence-electron chi connectivity index (χ2n) is 6.70. The molecule has 1 aromatic carbocycles. The Morgan fingerprint density at radius 3 is 3.00 bits per heavy atom. The van der Waals surface area contributed by atoms with Gasteiger partial charge in [-0.15, -0.1) is 0 Å². The fraction of sp³-hybridized carbons (Fsp3) is 0.500. The molecule has 1 saturated heterocycles. The van der Waals surface area contributed by atoms with E-state index in [2.05, 4.69) is 22.0 Å². The lowest BCUT2D eigenvalue weighted by Gasteiger charge is -2.29. The van der Waals surface area contributed by atoms with Crippen LogP contribution in [0.25, 0.3) is 22.4 Å². The van der Waals surface area contributed by atoms with Gasteiger partial charge in [-0.05, 0) is 24.6 Å². The number of nitrogens with one attached hydrogen (secondary N) is 1.